The molecule has 29 heavy (non-hydrogen) atoms. The number of nitrogens with zero attached hydrogens (tertiary/aromatic N) is 1. The van der Waals surface area contributed by atoms with E-state index in [9.17, 15) is 4.79 Å². The van der Waals surface area contributed by atoms with Gasteiger partial charge in [-0.1, -0.05) is 68.5 Å². The molecule has 1 amide bonds. The lowest BCUT2D eigenvalue weighted by Gasteiger charge is -2.49. The molecule has 0 bridgehead atoms. The van der Waals surface area contributed by atoms with E-state index in [1.807, 2.05) is 24.3 Å². The Morgan fingerprint density at radius 2 is 2.03 bits per heavy atom. The minimum Gasteiger partial charge on any atom is -0.489 e. The molecule has 0 spiro atoms. The predicted molar refractivity (Wildman–Crippen MR) is 118 cm³/mol. The highest BCUT2D eigenvalue weighted by Gasteiger charge is 2.57. The number of benzene rings is 2. The summed E-state index contributed by atoms with van der Waals surface area (Å²) in [5.74, 6) is 0.887. The zero-order chi connectivity index (χ0) is 20.6. The summed E-state index contributed by atoms with van der Waals surface area (Å²) in [6.45, 7) is 11.4. The zero-order valence-electron chi connectivity index (χ0n) is 17.4. The maximum absolute atomic E-state index is 12.5. The van der Waals surface area contributed by atoms with E-state index in [1.165, 1.54) is 16.8 Å². The number of rotatable bonds is 5. The second kappa shape index (κ2) is 7.11. The molecular formula is C25H28N2O2. The van der Waals surface area contributed by atoms with Crippen LogP contribution in [0.1, 0.15) is 37.0 Å². The predicted octanol–water partition coefficient (Wildman–Crippen LogP) is 4.59. The summed E-state index contributed by atoms with van der Waals surface area (Å²) < 4.78 is 5.82. The first-order valence-electron chi connectivity index (χ1n) is 10.1. The minimum atomic E-state index is -0.621. The summed E-state index contributed by atoms with van der Waals surface area (Å²) in [5, 5.41) is 3.32. The summed E-state index contributed by atoms with van der Waals surface area (Å²) in [6.07, 6.45) is 6.44. The molecule has 0 saturated carbocycles. The van der Waals surface area contributed by atoms with E-state index in [-0.39, 0.29) is 11.3 Å². The van der Waals surface area contributed by atoms with Gasteiger partial charge >= 0.3 is 0 Å². The van der Waals surface area contributed by atoms with Gasteiger partial charge in [0.1, 0.15) is 18.0 Å². The summed E-state index contributed by atoms with van der Waals surface area (Å²) in [7, 11) is 0. The molecule has 1 fully saturated rings. The van der Waals surface area contributed by atoms with Crippen molar-refractivity contribution in [1.29, 1.82) is 0 Å². The van der Waals surface area contributed by atoms with E-state index in [4.69, 9.17) is 4.74 Å². The van der Waals surface area contributed by atoms with Crippen molar-refractivity contribution < 1.29 is 9.53 Å². The molecule has 1 saturated heterocycles. The Morgan fingerprint density at radius 3 is 2.83 bits per heavy atom. The quantitative estimate of drug-likeness (QED) is 0.762. The number of anilines is 1. The molecule has 1 atom stereocenters. The first-order chi connectivity index (χ1) is 13.9. The Balaban J connectivity index is 1.81. The van der Waals surface area contributed by atoms with Gasteiger partial charge in [-0.05, 0) is 30.7 Å². The number of nitrogens with one attached hydrogen (secondary N) is 1. The van der Waals surface area contributed by atoms with Gasteiger partial charge in [0.15, 0.2) is 0 Å². The second-order valence-electron chi connectivity index (χ2n) is 8.33. The van der Waals surface area contributed by atoms with Gasteiger partial charge in [-0.25, -0.2) is 0 Å². The van der Waals surface area contributed by atoms with E-state index in [1.54, 1.807) is 6.08 Å². The Morgan fingerprint density at radius 1 is 1.24 bits per heavy atom. The Hall–Kier alpha value is -3.01. The van der Waals surface area contributed by atoms with Crippen LogP contribution in [-0.2, 0) is 10.2 Å². The molecule has 1 unspecified atom stereocenters. The molecule has 4 rings (SSSR count). The molecule has 0 radical (unpaired) electrons. The van der Waals surface area contributed by atoms with Crippen molar-refractivity contribution in [1.82, 2.24) is 5.32 Å². The number of carbonyl (C=O) groups is 1. The van der Waals surface area contributed by atoms with Gasteiger partial charge in [0.05, 0.1) is 0 Å². The summed E-state index contributed by atoms with van der Waals surface area (Å²) in [4.78, 5) is 14.9. The number of hydrogen-bond donors (Lipinski definition) is 1. The van der Waals surface area contributed by atoms with Crippen molar-refractivity contribution >= 4 is 17.7 Å². The topological polar surface area (TPSA) is 41.6 Å². The lowest BCUT2D eigenvalue weighted by Crippen LogP contribution is -2.68. The van der Waals surface area contributed by atoms with E-state index >= 15 is 0 Å². The zero-order valence-corrected chi connectivity index (χ0v) is 17.4. The summed E-state index contributed by atoms with van der Waals surface area (Å²) >= 11 is 0. The largest absolute Gasteiger partial charge is 0.489 e. The van der Waals surface area contributed by atoms with E-state index < -0.39 is 5.66 Å². The van der Waals surface area contributed by atoms with Gasteiger partial charge < -0.3 is 15.0 Å². The molecule has 150 valence electrons. The maximum atomic E-state index is 12.5. The standard InChI is InChI=1S/C25H28N2O2/c1-5-16-29-22-9-7-6-8-19(22)12-14-25-24(3,4)20-17-18(2)10-11-21(20)27(25)15-13-23(28)26-25/h5-12,14,17H,1,13,15-16H2,2-4H3,(H,26,28). The van der Waals surface area contributed by atoms with Crippen LogP contribution in [0.25, 0.3) is 6.08 Å². The monoisotopic (exact) mass is 388 g/mol. The van der Waals surface area contributed by atoms with Gasteiger partial charge in [-0.15, -0.1) is 0 Å². The van der Waals surface area contributed by atoms with Gasteiger partial charge in [0.25, 0.3) is 0 Å². The third-order valence-corrected chi connectivity index (χ3v) is 6.17. The fourth-order valence-corrected chi connectivity index (χ4v) is 4.58. The van der Waals surface area contributed by atoms with Crippen molar-refractivity contribution in [2.75, 3.05) is 18.1 Å². The first kappa shape index (κ1) is 19.3. The van der Waals surface area contributed by atoms with Crippen LogP contribution in [-0.4, -0.2) is 24.7 Å². The Labute approximate surface area is 172 Å². The average Bonchev–Trinajstić information content (AvgIpc) is 2.89. The Bertz CT molecular complexity index is 992. The fourth-order valence-electron chi connectivity index (χ4n) is 4.58. The highest BCUT2D eigenvalue weighted by molar-refractivity contribution is 5.85. The average molecular weight is 389 g/mol. The van der Waals surface area contributed by atoms with Gasteiger partial charge in [0.2, 0.25) is 5.91 Å². The van der Waals surface area contributed by atoms with Crippen LogP contribution in [0.2, 0.25) is 0 Å². The highest BCUT2D eigenvalue weighted by atomic mass is 16.5. The van der Waals surface area contributed by atoms with Crippen molar-refractivity contribution in [3.63, 3.8) is 0 Å². The molecule has 4 nitrogen and oxygen atoms in total. The molecular weight excluding hydrogens is 360 g/mol. The third-order valence-electron chi connectivity index (χ3n) is 6.17. The second-order valence-corrected chi connectivity index (χ2v) is 8.33. The summed E-state index contributed by atoms with van der Waals surface area (Å²) in [6, 6.07) is 14.5. The van der Waals surface area contributed by atoms with Crippen molar-refractivity contribution in [3.05, 3.63) is 77.9 Å². The minimum absolute atomic E-state index is 0.0831. The highest BCUT2D eigenvalue weighted by Crippen LogP contribution is 2.52. The fraction of sp³-hybridized carbons (Fsp3) is 0.320. The van der Waals surface area contributed by atoms with Crippen LogP contribution in [0.5, 0.6) is 5.75 Å². The lowest BCUT2D eigenvalue weighted by molar-refractivity contribution is -0.124. The number of hydrogen-bond acceptors (Lipinski definition) is 3. The molecule has 2 heterocycles. The van der Waals surface area contributed by atoms with Crippen LogP contribution in [0.15, 0.2) is 61.2 Å². The molecule has 2 aromatic rings. The van der Waals surface area contributed by atoms with Gasteiger partial charge in [-0.2, -0.15) is 0 Å². The van der Waals surface area contributed by atoms with Crippen LogP contribution >= 0.6 is 0 Å². The number of aryl methyl sites for hydroxylation is 1. The van der Waals surface area contributed by atoms with Gasteiger partial charge in [0, 0.05) is 29.6 Å². The normalized spacial score (nSPS) is 22.2. The summed E-state index contributed by atoms with van der Waals surface area (Å²) in [5.41, 5.74) is 3.75. The molecule has 1 N–H and O–H groups in total. The van der Waals surface area contributed by atoms with Crippen molar-refractivity contribution in [3.8, 4) is 5.75 Å². The van der Waals surface area contributed by atoms with Crippen LogP contribution < -0.4 is 15.0 Å². The van der Waals surface area contributed by atoms with Crippen molar-refractivity contribution in [2.24, 2.45) is 0 Å². The Kier molecular flexibility index (Phi) is 4.73. The number of para-hydroxylation sites is 1. The molecule has 4 heteroatoms. The maximum Gasteiger partial charge on any atom is 0.223 e. The van der Waals surface area contributed by atoms with E-state index in [0.29, 0.717) is 19.6 Å². The molecule has 2 aliphatic heterocycles. The molecule has 2 aliphatic rings. The lowest BCUT2D eigenvalue weighted by atomic mass is 9.74. The smallest absolute Gasteiger partial charge is 0.223 e. The molecule has 0 aromatic heterocycles. The SMILES string of the molecule is C=CCOc1ccccc1C=CC12NC(=O)CCN1c1ccc(C)cc1C2(C)C. The van der Waals surface area contributed by atoms with E-state index in [2.05, 4.69) is 67.9 Å². The van der Waals surface area contributed by atoms with E-state index in [0.717, 1.165) is 11.3 Å². The third kappa shape index (κ3) is 3.03. The van der Waals surface area contributed by atoms with Crippen molar-refractivity contribution in [2.45, 2.75) is 38.3 Å². The van der Waals surface area contributed by atoms with Gasteiger partial charge in [-0.3, -0.25) is 4.79 Å². The van der Waals surface area contributed by atoms with Crippen LogP contribution in [0, 0.1) is 6.92 Å². The molecule has 2 aromatic carbocycles. The number of carbonyl (C=O) groups excluding carboxylic acids is 1. The number of fused-ring (bicyclic) bond motifs is 3. The first-order valence-corrected chi connectivity index (χ1v) is 10.1. The number of amides is 1. The number of ether oxygens (including phenoxy) is 1. The van der Waals surface area contributed by atoms with Crippen LogP contribution in [0.3, 0.4) is 0 Å². The van der Waals surface area contributed by atoms with Crippen LogP contribution in [0.4, 0.5) is 5.69 Å². The molecule has 0 aliphatic carbocycles.